The van der Waals surface area contributed by atoms with E-state index in [1.54, 1.807) is 0 Å². The number of hydrogen-bond donors (Lipinski definition) is 14. The molecule has 4 aliphatic rings. The maximum Gasteiger partial charge on any atom is 0.469 e. The number of aliphatic hydroxyl groups excluding tert-OH is 5. The Bertz CT molecular complexity index is 4210. The monoisotopic (exact) mass is 1380 g/mol. The van der Waals surface area contributed by atoms with Crippen LogP contribution in [0.4, 0.5) is 23.3 Å². The van der Waals surface area contributed by atoms with Gasteiger partial charge in [-0.25, -0.2) is 64.4 Å². The molecule has 0 radical (unpaired) electrons. The number of nitrogens with two attached hydrogens (primary N) is 4. The quantitative estimate of drug-likeness (QED) is 0.0241. The summed E-state index contributed by atoms with van der Waals surface area (Å²) in [6.45, 7) is -3.06. The summed E-state index contributed by atoms with van der Waals surface area (Å²) in [5.74, 6) is -0.207. The minimum atomic E-state index is -5.13. The Morgan fingerprint density at radius 1 is 0.380 bits per heavy atom. The van der Waals surface area contributed by atoms with Crippen LogP contribution in [-0.2, 0) is 69.5 Å². The molecule has 92 heavy (non-hydrogen) atoms. The fraction of sp³-hybridized carbons (Fsp3) is 0.535. The lowest BCUT2D eigenvalue weighted by molar-refractivity contribution is -0.0662. The molecule has 4 saturated heterocycles. The van der Waals surface area contributed by atoms with E-state index in [-0.39, 0.29) is 67.9 Å². The van der Waals surface area contributed by atoms with Gasteiger partial charge in [-0.3, -0.25) is 50.1 Å². The summed E-state index contributed by atoms with van der Waals surface area (Å²) in [6, 6.07) is 0. The Labute approximate surface area is 512 Å². The Kier molecular flexibility index (Phi) is 18.3. The highest BCUT2D eigenvalue weighted by Crippen LogP contribution is 2.53. The van der Waals surface area contributed by atoms with E-state index in [4.69, 9.17) is 69.7 Å². The van der Waals surface area contributed by atoms with Crippen molar-refractivity contribution in [3.63, 3.8) is 0 Å². The molecular weight excluding hydrogens is 1320 g/mol. The third-order valence-corrected chi connectivity index (χ3v) is 18.5. The summed E-state index contributed by atoms with van der Waals surface area (Å²) >= 11 is 0. The average Bonchev–Trinajstić information content (AvgIpc) is 1.64. The Balaban J connectivity index is 0.706. The molecule has 0 amide bonds. The van der Waals surface area contributed by atoms with Crippen LogP contribution in [0.5, 0.6) is 0 Å². The number of rotatable bonds is 25. The smallest absolute Gasteiger partial charge is 0.387 e. The van der Waals surface area contributed by atoms with Gasteiger partial charge in [0.25, 0.3) is 0 Å². The van der Waals surface area contributed by atoms with Crippen molar-refractivity contribution >= 4 is 98.5 Å². The molecule has 4 fully saturated rings. The largest absolute Gasteiger partial charge is 0.469 e. The molecule has 0 aliphatic carbocycles. The van der Waals surface area contributed by atoms with E-state index in [1.165, 1.54) is 20.0 Å². The van der Waals surface area contributed by atoms with Crippen LogP contribution in [-0.4, -0.2) is 247 Å². The second-order valence-electron chi connectivity index (χ2n) is 21.0. The van der Waals surface area contributed by atoms with Gasteiger partial charge < -0.3 is 106 Å². The molecule has 0 saturated carbocycles. The van der Waals surface area contributed by atoms with Crippen LogP contribution in [0.3, 0.4) is 0 Å². The maximum absolute atomic E-state index is 14.1. The predicted octanol–water partition coefficient (Wildman–Crippen LogP) is -4.19. The molecule has 12 heterocycles. The number of phosphoric acid groups is 1. The molecule has 18 N–H and O–H groups in total. The van der Waals surface area contributed by atoms with E-state index in [2.05, 4.69) is 64.3 Å². The summed E-state index contributed by atoms with van der Waals surface area (Å²) in [5.41, 5.74) is 24.3. The van der Waals surface area contributed by atoms with Crippen LogP contribution in [0.25, 0.3) is 44.7 Å². The number of aliphatic hydroxyl groups is 5. The van der Waals surface area contributed by atoms with Gasteiger partial charge in [-0.05, 0) is 0 Å². The molecular formula is C43H56N20O25P4. The predicted molar refractivity (Wildman–Crippen MR) is 299 cm³/mol. The lowest BCUT2D eigenvalue weighted by atomic mass is 10.1. The number of anilines is 4. The molecule has 8 aromatic heterocycles. The average molecular weight is 1380 g/mol. The normalized spacial score (nSPS) is 30.7. The molecule has 12 rings (SSSR count). The molecule has 0 aromatic carbocycles. The van der Waals surface area contributed by atoms with Crippen LogP contribution in [0.2, 0.25) is 0 Å². The van der Waals surface area contributed by atoms with Gasteiger partial charge in [0.1, 0.15) is 140 Å². The van der Waals surface area contributed by atoms with Gasteiger partial charge >= 0.3 is 30.6 Å². The first-order valence-electron chi connectivity index (χ1n) is 26.8. The van der Waals surface area contributed by atoms with Gasteiger partial charge in [0.2, 0.25) is 0 Å². The molecule has 498 valence electrons. The molecule has 3 unspecified atom stereocenters. The van der Waals surface area contributed by atoms with Crippen molar-refractivity contribution in [3.8, 4) is 0 Å². The Hall–Kier alpha value is -6.52. The third-order valence-electron chi connectivity index (χ3n) is 14.8. The van der Waals surface area contributed by atoms with Gasteiger partial charge in [-0.2, -0.15) is 0 Å². The van der Waals surface area contributed by atoms with Crippen LogP contribution in [0, 0.1) is 0 Å². The standard InChI is InChI=1S/C43H56N20O25P4/c44-32-20-36(52-5-48-32)60(9-56-20)40-28(68)24(64)16(82-40)1-78-13-89(69,70)86-29-25(65)17(83-41(29)61-10-57-21-33(45)49-6-53-37(21)61)2-79-14-90(71,72)87-30-26(66)18(84-42(30)62-11-58-22-34(46)50-7-54-38(22)62)3-80-15-91(73,74)88-31-27(67)19(4-81-92(75,76)77)85-43(31)63-12-59-23-35(47)51-8-55-39(23)63/h5-12,16-19,24-31,40-43,64-68H,1-4,13-15H2,(H,69,70)(H,71,72)(H,73,74)(H2,44,48,52)(H2,45,49,53)(H2,46,50,54)(H2,47,51,55)(H2,75,76,77)/t16-,17-,18-,19-,24+,25+,26+,27-,28-,29-,30-,31-,40-,41-,42-,43-/m1/s1. The summed E-state index contributed by atoms with van der Waals surface area (Å²) < 4.78 is 120. The van der Waals surface area contributed by atoms with Gasteiger partial charge in [0.15, 0.2) is 70.8 Å². The van der Waals surface area contributed by atoms with Crippen LogP contribution >= 0.6 is 30.6 Å². The van der Waals surface area contributed by atoms with Crippen molar-refractivity contribution in [1.29, 1.82) is 0 Å². The molecule has 0 bridgehead atoms. The summed E-state index contributed by atoms with van der Waals surface area (Å²) in [4.78, 5) is 101. The molecule has 4 aliphatic heterocycles. The van der Waals surface area contributed by atoms with Gasteiger partial charge in [-0.1, -0.05) is 0 Å². The van der Waals surface area contributed by atoms with E-state index in [0.717, 1.165) is 48.9 Å². The first kappa shape index (κ1) is 65.5. The van der Waals surface area contributed by atoms with Crippen molar-refractivity contribution in [2.75, 3.05) is 68.4 Å². The maximum atomic E-state index is 14.1. The van der Waals surface area contributed by atoms with E-state index in [1.807, 2.05) is 0 Å². The summed E-state index contributed by atoms with van der Waals surface area (Å²) in [5, 5.41) is 56.6. The zero-order chi connectivity index (χ0) is 65.3. The SMILES string of the molecule is Nc1ncnc2c1ncn2[C@@H]1O[C@H](COCP(=O)(O)O[C@@H]2[C@@H](O)[C@@H](COCP(=O)(O)O[C@@H]3[C@@H](O)[C@@H](COCP(=O)(O)O[C@@H]4[C@H](O)[C@@H](COP(=O)(O)O)O[C@H]4n4cnc5c(N)ncnc54)O[C@H]3n3cnc4c(N)ncnc43)O[C@H]2n2cnc3c(N)ncnc32)[C@H](O)[C@H]1O. The van der Waals surface area contributed by atoms with Gasteiger partial charge in [-0.15, -0.1) is 0 Å². The molecule has 49 heteroatoms. The lowest BCUT2D eigenvalue weighted by Crippen LogP contribution is -2.37. The number of fused-ring (bicyclic) bond motifs is 4. The lowest BCUT2D eigenvalue weighted by Gasteiger charge is -2.25. The summed E-state index contributed by atoms with van der Waals surface area (Å²) in [6.07, 6.45) is -20.8. The van der Waals surface area contributed by atoms with Crippen molar-refractivity contribution in [1.82, 2.24) is 78.1 Å². The highest BCUT2D eigenvalue weighted by molar-refractivity contribution is 7.53. The minimum absolute atomic E-state index is 0.000262. The third kappa shape index (κ3) is 13.2. The van der Waals surface area contributed by atoms with Crippen LogP contribution in [0.15, 0.2) is 50.6 Å². The second kappa shape index (κ2) is 25.7. The highest BCUT2D eigenvalue weighted by Gasteiger charge is 2.54. The van der Waals surface area contributed by atoms with Gasteiger partial charge in [0, 0.05) is 0 Å². The first-order valence-corrected chi connectivity index (χ1v) is 33.7. The number of phosphoric ester groups is 1. The minimum Gasteiger partial charge on any atom is -0.387 e. The Morgan fingerprint density at radius 2 is 0.652 bits per heavy atom. The summed E-state index contributed by atoms with van der Waals surface area (Å²) in [7, 11) is -20.3. The van der Waals surface area contributed by atoms with Crippen molar-refractivity contribution in [2.24, 2.45) is 0 Å². The van der Waals surface area contributed by atoms with Crippen molar-refractivity contribution in [2.45, 2.75) is 98.2 Å². The molecule has 19 atom stereocenters. The van der Waals surface area contributed by atoms with Crippen molar-refractivity contribution < 1.29 is 120 Å². The van der Waals surface area contributed by atoms with E-state index < -0.39 is 174 Å². The topological polar surface area (TPSA) is 651 Å². The second-order valence-corrected chi connectivity index (χ2v) is 27.4. The fourth-order valence-electron chi connectivity index (χ4n) is 10.6. The van der Waals surface area contributed by atoms with Gasteiger partial charge in [0.05, 0.1) is 51.7 Å². The number of hydrogen-bond acceptors (Lipinski definition) is 36. The van der Waals surface area contributed by atoms with Crippen molar-refractivity contribution in [3.05, 3.63) is 50.6 Å². The molecule has 45 nitrogen and oxygen atoms in total. The number of nitrogens with zero attached hydrogens (tertiary/aromatic N) is 16. The van der Waals surface area contributed by atoms with E-state index in [0.29, 0.717) is 0 Å². The fourth-order valence-corrected chi connectivity index (χ4v) is 13.9. The van der Waals surface area contributed by atoms with Crippen LogP contribution in [0.1, 0.15) is 24.9 Å². The van der Waals surface area contributed by atoms with Crippen LogP contribution < -0.4 is 22.9 Å². The zero-order valence-corrected chi connectivity index (χ0v) is 50.2. The zero-order valence-electron chi connectivity index (χ0n) is 46.7. The Morgan fingerprint density at radius 3 is 0.957 bits per heavy atom. The molecule has 8 aromatic rings. The first-order chi connectivity index (χ1) is 43.7. The number of ether oxygens (including phenoxy) is 7. The number of imidazole rings is 4. The van der Waals surface area contributed by atoms with E-state index >= 15 is 0 Å². The number of aromatic nitrogens is 16. The van der Waals surface area contributed by atoms with E-state index in [9.17, 15) is 68.3 Å². The molecule has 0 spiro atoms. The highest BCUT2D eigenvalue weighted by atomic mass is 31.2. The number of nitrogen functional groups attached to an aromatic ring is 4.